The Kier molecular flexibility index (Phi) is 6.56. The lowest BCUT2D eigenvalue weighted by atomic mass is 9.93. The van der Waals surface area contributed by atoms with Gasteiger partial charge in [0.1, 0.15) is 17.5 Å². The monoisotopic (exact) mass is 514 g/mol. The van der Waals surface area contributed by atoms with Crippen molar-refractivity contribution in [1.29, 1.82) is 0 Å². The molecule has 4 aromatic rings. The lowest BCUT2D eigenvalue weighted by Crippen LogP contribution is -2.31. The maximum Gasteiger partial charge on any atom is 0.255 e. The number of carbonyl (C=O) groups excluding carboxylic acids is 1. The molecule has 0 spiro atoms. The number of aromatic hydroxyl groups is 1. The van der Waals surface area contributed by atoms with Gasteiger partial charge in [-0.1, -0.05) is 0 Å². The van der Waals surface area contributed by atoms with Crippen LogP contribution in [0.25, 0.3) is 11.4 Å². The van der Waals surface area contributed by atoms with Gasteiger partial charge < -0.3 is 30.0 Å². The lowest BCUT2D eigenvalue weighted by Gasteiger charge is -2.30. The molecule has 1 amide bonds. The van der Waals surface area contributed by atoms with Crippen molar-refractivity contribution < 1.29 is 24.1 Å². The molecule has 0 saturated heterocycles. The molecule has 2 aromatic heterocycles. The summed E-state index contributed by atoms with van der Waals surface area (Å²) in [5, 5.41) is 20.6. The van der Waals surface area contributed by atoms with E-state index in [0.29, 0.717) is 57.1 Å². The summed E-state index contributed by atoms with van der Waals surface area (Å²) < 4.78 is 18.4. The van der Waals surface area contributed by atoms with Crippen molar-refractivity contribution in [1.82, 2.24) is 19.7 Å². The number of hydrogen-bond acceptors (Lipinski definition) is 9. The first-order valence-electron chi connectivity index (χ1n) is 11.7. The average Bonchev–Trinajstić information content (AvgIpc) is 3.35. The van der Waals surface area contributed by atoms with Crippen LogP contribution in [0.1, 0.15) is 18.5 Å². The Hall–Kier alpha value is -5.06. The minimum atomic E-state index is -0.740. The first kappa shape index (κ1) is 24.6. The molecular weight excluding hydrogens is 488 g/mol. The quantitative estimate of drug-likeness (QED) is 0.335. The molecule has 1 aliphatic rings. The van der Waals surface area contributed by atoms with Crippen molar-refractivity contribution in [3.63, 3.8) is 0 Å². The Bertz CT molecular complexity index is 1520. The number of phenolic OH excluding ortho intramolecular Hbond substituents is 1. The Labute approximate surface area is 218 Å². The number of phenols is 1. The van der Waals surface area contributed by atoms with Crippen LogP contribution in [0.2, 0.25) is 0 Å². The Morgan fingerprint density at radius 3 is 2.39 bits per heavy atom. The minimum absolute atomic E-state index is 0.135. The van der Waals surface area contributed by atoms with Crippen LogP contribution in [0.5, 0.6) is 23.0 Å². The van der Waals surface area contributed by atoms with Crippen LogP contribution in [-0.4, -0.2) is 52.1 Å². The third-order valence-electron chi connectivity index (χ3n) is 6.17. The molecule has 2 aromatic carbocycles. The van der Waals surface area contributed by atoms with Crippen LogP contribution in [-0.2, 0) is 4.79 Å². The maximum atomic E-state index is 13.7. The van der Waals surface area contributed by atoms with E-state index >= 15 is 0 Å². The van der Waals surface area contributed by atoms with Crippen LogP contribution in [0.15, 0.2) is 72.2 Å². The van der Waals surface area contributed by atoms with Crippen LogP contribution < -0.4 is 24.8 Å². The summed E-state index contributed by atoms with van der Waals surface area (Å²) in [5.41, 5.74) is 2.85. The highest BCUT2D eigenvalue weighted by Crippen LogP contribution is 2.44. The molecular formula is C27H26N6O5. The molecule has 1 aliphatic heterocycles. The molecule has 0 saturated carbocycles. The second kappa shape index (κ2) is 10.1. The van der Waals surface area contributed by atoms with Crippen LogP contribution >= 0.6 is 0 Å². The number of methoxy groups -OCH3 is 3. The largest absolute Gasteiger partial charge is 0.508 e. The highest BCUT2D eigenvalue weighted by molar-refractivity contribution is 6.06. The zero-order chi connectivity index (χ0) is 26.8. The van der Waals surface area contributed by atoms with Gasteiger partial charge in [0.25, 0.3) is 5.91 Å². The second-order valence-electron chi connectivity index (χ2n) is 8.46. The second-order valence-corrected chi connectivity index (χ2v) is 8.46. The van der Waals surface area contributed by atoms with Gasteiger partial charge in [-0.3, -0.25) is 9.78 Å². The van der Waals surface area contributed by atoms with Crippen LogP contribution in [0.3, 0.4) is 0 Å². The van der Waals surface area contributed by atoms with E-state index in [9.17, 15) is 9.90 Å². The fourth-order valence-electron chi connectivity index (χ4n) is 4.37. The van der Waals surface area contributed by atoms with Crippen molar-refractivity contribution in [3.05, 3.63) is 77.8 Å². The molecule has 3 N–H and O–H groups in total. The normalized spacial score (nSPS) is 14.4. The Morgan fingerprint density at radius 2 is 1.74 bits per heavy atom. The van der Waals surface area contributed by atoms with Gasteiger partial charge in [0.05, 0.1) is 38.8 Å². The molecule has 0 fully saturated rings. The first-order chi connectivity index (χ1) is 18.4. The van der Waals surface area contributed by atoms with E-state index in [1.807, 2.05) is 0 Å². The number of pyridine rings is 1. The number of anilines is 2. The number of nitrogens with one attached hydrogen (secondary N) is 2. The van der Waals surface area contributed by atoms with Gasteiger partial charge in [0, 0.05) is 29.1 Å². The van der Waals surface area contributed by atoms with E-state index in [4.69, 9.17) is 19.3 Å². The van der Waals surface area contributed by atoms with E-state index in [1.54, 1.807) is 79.6 Å². The molecule has 38 heavy (non-hydrogen) atoms. The van der Waals surface area contributed by atoms with E-state index in [2.05, 4.69) is 20.6 Å². The molecule has 11 heteroatoms. The zero-order valence-electron chi connectivity index (χ0n) is 21.2. The van der Waals surface area contributed by atoms with Gasteiger partial charge in [-0.25, -0.2) is 4.68 Å². The lowest BCUT2D eigenvalue weighted by molar-refractivity contribution is -0.113. The highest BCUT2D eigenvalue weighted by Gasteiger charge is 2.37. The number of aromatic nitrogens is 4. The summed E-state index contributed by atoms with van der Waals surface area (Å²) in [4.78, 5) is 22.5. The van der Waals surface area contributed by atoms with Crippen molar-refractivity contribution >= 4 is 17.5 Å². The van der Waals surface area contributed by atoms with E-state index < -0.39 is 6.04 Å². The van der Waals surface area contributed by atoms with E-state index in [-0.39, 0.29) is 11.7 Å². The molecule has 0 bridgehead atoms. The molecule has 0 aliphatic carbocycles. The van der Waals surface area contributed by atoms with Crippen LogP contribution in [0.4, 0.5) is 11.6 Å². The number of carbonyl (C=O) groups is 1. The summed E-state index contributed by atoms with van der Waals surface area (Å²) in [6.07, 6.45) is 3.20. The Balaban J connectivity index is 1.69. The third kappa shape index (κ3) is 4.45. The fraction of sp³-hybridized carbons (Fsp3) is 0.185. The molecule has 1 unspecified atom stereocenters. The fourth-order valence-corrected chi connectivity index (χ4v) is 4.37. The summed E-state index contributed by atoms with van der Waals surface area (Å²) in [6, 6.07) is 12.8. The molecule has 3 heterocycles. The molecule has 0 radical (unpaired) electrons. The topological polar surface area (TPSA) is 133 Å². The molecule has 11 nitrogen and oxygen atoms in total. The molecule has 1 atom stereocenters. The maximum absolute atomic E-state index is 13.7. The number of allylic oxidation sites excluding steroid dienone is 1. The number of hydrogen-bond donors (Lipinski definition) is 3. The number of nitrogens with zero attached hydrogens (tertiary/aromatic N) is 4. The van der Waals surface area contributed by atoms with Crippen LogP contribution in [0, 0.1) is 0 Å². The summed E-state index contributed by atoms with van der Waals surface area (Å²) in [5.74, 6) is 2.05. The van der Waals surface area contributed by atoms with E-state index in [0.717, 1.165) is 0 Å². The SMILES string of the molecule is COc1cc(OC)c(C2C(C(=O)Nc3cccnc3)=C(C)Nc3nc(-c4ccc(O)cc4)nn32)cc1OC. The van der Waals surface area contributed by atoms with Gasteiger partial charge in [-0.15, -0.1) is 5.10 Å². The predicted molar refractivity (Wildman–Crippen MR) is 141 cm³/mol. The summed E-state index contributed by atoms with van der Waals surface area (Å²) >= 11 is 0. The van der Waals surface area contributed by atoms with Crippen molar-refractivity contribution in [2.45, 2.75) is 13.0 Å². The van der Waals surface area contributed by atoms with Gasteiger partial charge in [-0.05, 0) is 49.4 Å². The predicted octanol–water partition coefficient (Wildman–Crippen LogP) is 4.00. The standard InChI is InChI=1S/C27H26N6O5/c1-15-23(26(35)30-17-6-5-11-28-14-17)24(19-12-21(37-3)22(38-4)13-20(19)36-2)33-27(29-15)31-25(32-33)16-7-9-18(34)10-8-16/h5-14,24,34H,1-4H3,(H,30,35)(H,29,31,32). The third-order valence-corrected chi connectivity index (χ3v) is 6.17. The van der Waals surface area contributed by atoms with Gasteiger partial charge >= 0.3 is 0 Å². The van der Waals surface area contributed by atoms with Crippen molar-refractivity contribution in [3.8, 4) is 34.4 Å². The number of amides is 1. The van der Waals surface area contributed by atoms with E-state index in [1.165, 1.54) is 14.2 Å². The summed E-state index contributed by atoms with van der Waals surface area (Å²) in [7, 11) is 4.62. The van der Waals surface area contributed by atoms with Crippen molar-refractivity contribution in [2.24, 2.45) is 0 Å². The highest BCUT2D eigenvalue weighted by atomic mass is 16.5. The minimum Gasteiger partial charge on any atom is -0.508 e. The number of ether oxygens (including phenoxy) is 3. The first-order valence-corrected chi connectivity index (χ1v) is 11.7. The summed E-state index contributed by atoms with van der Waals surface area (Å²) in [6.45, 7) is 1.80. The molecule has 5 rings (SSSR count). The zero-order valence-corrected chi connectivity index (χ0v) is 21.2. The molecule has 194 valence electrons. The van der Waals surface area contributed by atoms with Crippen molar-refractivity contribution in [2.75, 3.05) is 32.0 Å². The Morgan fingerprint density at radius 1 is 1.03 bits per heavy atom. The number of benzene rings is 2. The smallest absolute Gasteiger partial charge is 0.255 e. The number of fused-ring (bicyclic) bond motifs is 1. The average molecular weight is 515 g/mol. The van der Waals surface area contributed by atoms with Gasteiger partial charge in [0.2, 0.25) is 5.95 Å². The van der Waals surface area contributed by atoms with Gasteiger partial charge in [-0.2, -0.15) is 4.98 Å². The van der Waals surface area contributed by atoms with Gasteiger partial charge in [0.15, 0.2) is 17.3 Å². The number of rotatable bonds is 7.